The summed E-state index contributed by atoms with van der Waals surface area (Å²) in [6, 6.07) is 1.64. The molecule has 6 aliphatic rings. The van der Waals surface area contributed by atoms with Crippen LogP contribution < -0.4 is 15.4 Å². The van der Waals surface area contributed by atoms with Gasteiger partial charge in [-0.25, -0.2) is 9.37 Å². The smallest absolute Gasteiger partial charge is 0.327 e. The van der Waals surface area contributed by atoms with E-state index in [0.29, 0.717) is 12.8 Å². The zero-order valence-corrected chi connectivity index (χ0v) is 25.8. The van der Waals surface area contributed by atoms with Crippen molar-refractivity contribution >= 4 is 29.4 Å². The standard InChI is InChI=1S/C32H37F3N6O5/c1-30(2,3)24(38-29(45)32(34,35)16-6-7-16)27(43)40-13-19-15-9-18(20(33)10-15)22(19)23(40)26(42)41-14-31(11-17(41)12-36)28(44)39-25-21(46-31)5-4-8-37-25/h4-5,8,15-20,22-24H,6-7,9-11,13-14H2,1-3H3,(H,38,45)(H,37,39,44)/t15-,17-,18+,19+,20+,22-,23-,24+,31+/m0/s1. The first-order chi connectivity index (χ1) is 21.7. The van der Waals surface area contributed by atoms with E-state index in [-0.39, 0.29) is 55.8 Å². The van der Waals surface area contributed by atoms with E-state index in [4.69, 9.17) is 4.74 Å². The fourth-order valence-corrected chi connectivity index (χ4v) is 8.60. The molecule has 11 nitrogen and oxygen atoms in total. The maximum Gasteiger partial charge on any atom is 0.327 e. The minimum absolute atomic E-state index is 0.0619. The highest BCUT2D eigenvalue weighted by Crippen LogP contribution is 2.59. The first-order valence-electron chi connectivity index (χ1n) is 15.9. The van der Waals surface area contributed by atoms with Gasteiger partial charge in [0.15, 0.2) is 11.6 Å². The lowest BCUT2D eigenvalue weighted by atomic mass is 9.77. The number of fused-ring (bicyclic) bond motifs is 6. The van der Waals surface area contributed by atoms with Gasteiger partial charge >= 0.3 is 5.92 Å². The topological polar surface area (TPSA) is 145 Å². The summed E-state index contributed by atoms with van der Waals surface area (Å²) in [4.78, 5) is 61.8. The highest BCUT2D eigenvalue weighted by Gasteiger charge is 2.66. The van der Waals surface area contributed by atoms with Gasteiger partial charge in [-0.2, -0.15) is 14.0 Å². The number of aromatic nitrogens is 1. The number of nitriles is 1. The van der Waals surface area contributed by atoms with Crippen LogP contribution in [0.5, 0.6) is 5.75 Å². The summed E-state index contributed by atoms with van der Waals surface area (Å²) in [6.45, 7) is 4.73. The number of rotatable bonds is 5. The lowest BCUT2D eigenvalue weighted by Gasteiger charge is -2.39. The van der Waals surface area contributed by atoms with E-state index in [1.54, 1.807) is 32.9 Å². The molecular weight excluding hydrogens is 605 g/mol. The summed E-state index contributed by atoms with van der Waals surface area (Å²) in [7, 11) is 0. The van der Waals surface area contributed by atoms with Crippen LogP contribution in [0.25, 0.3) is 0 Å². The van der Waals surface area contributed by atoms with Crippen LogP contribution in [0.1, 0.15) is 52.9 Å². The molecule has 0 unspecified atom stereocenters. The lowest BCUT2D eigenvalue weighted by Crippen LogP contribution is -2.61. The molecule has 3 aliphatic carbocycles. The van der Waals surface area contributed by atoms with Crippen LogP contribution in [-0.2, 0) is 19.2 Å². The Bertz CT molecular complexity index is 1540. The van der Waals surface area contributed by atoms with Gasteiger partial charge in [-0.05, 0) is 66.9 Å². The number of halogens is 3. The molecule has 2 saturated heterocycles. The summed E-state index contributed by atoms with van der Waals surface area (Å²) in [6.07, 6.45) is 1.50. The quantitative estimate of drug-likeness (QED) is 0.503. The largest absolute Gasteiger partial charge is 0.472 e. The maximum absolute atomic E-state index is 15.3. The molecular formula is C32H37F3N6O5. The van der Waals surface area contributed by atoms with Gasteiger partial charge in [0.05, 0.1) is 12.6 Å². The van der Waals surface area contributed by atoms with E-state index in [2.05, 4.69) is 21.7 Å². The predicted octanol–water partition coefficient (Wildman–Crippen LogP) is 2.67. The van der Waals surface area contributed by atoms with E-state index in [1.165, 1.54) is 16.0 Å². The number of carbonyl (C=O) groups excluding carboxylic acids is 4. The number of alkyl halides is 3. The number of anilines is 1. The van der Waals surface area contributed by atoms with Crippen LogP contribution >= 0.6 is 0 Å². The van der Waals surface area contributed by atoms with Crippen LogP contribution in [-0.4, -0.2) is 87.3 Å². The van der Waals surface area contributed by atoms with Crippen LogP contribution in [0.3, 0.4) is 0 Å². The molecule has 9 atom stereocenters. The second-order valence-electron chi connectivity index (χ2n) is 15.0. The molecule has 246 valence electrons. The third-order valence-corrected chi connectivity index (χ3v) is 11.1. The van der Waals surface area contributed by atoms with Crippen LogP contribution in [0, 0.1) is 46.3 Å². The molecule has 1 spiro atoms. The number of carbonyl (C=O) groups is 4. The number of pyridine rings is 1. The number of likely N-dealkylation sites (tertiary alicyclic amines) is 2. The summed E-state index contributed by atoms with van der Waals surface area (Å²) in [5.41, 5.74) is -2.60. The van der Waals surface area contributed by atoms with Crippen molar-refractivity contribution in [3.63, 3.8) is 0 Å². The second-order valence-corrected chi connectivity index (χ2v) is 15.0. The molecule has 0 radical (unpaired) electrons. The van der Waals surface area contributed by atoms with Crippen molar-refractivity contribution in [3.8, 4) is 11.8 Å². The Balaban J connectivity index is 1.21. The summed E-state index contributed by atoms with van der Waals surface area (Å²) < 4.78 is 51.0. The molecule has 7 rings (SSSR count). The van der Waals surface area contributed by atoms with Gasteiger partial charge in [0.25, 0.3) is 11.8 Å². The zero-order valence-electron chi connectivity index (χ0n) is 25.8. The number of nitrogens with zero attached hydrogens (tertiary/aromatic N) is 4. The second kappa shape index (κ2) is 10.3. The van der Waals surface area contributed by atoms with E-state index >= 15 is 4.39 Å². The molecule has 4 amide bonds. The molecule has 2 bridgehead atoms. The normalized spacial score (nSPS) is 35.2. The zero-order chi connectivity index (χ0) is 32.9. The van der Waals surface area contributed by atoms with Gasteiger partial charge in [-0.1, -0.05) is 20.8 Å². The Kier molecular flexibility index (Phi) is 6.89. The minimum Gasteiger partial charge on any atom is -0.472 e. The predicted molar refractivity (Wildman–Crippen MR) is 155 cm³/mol. The third kappa shape index (κ3) is 4.63. The summed E-state index contributed by atoms with van der Waals surface area (Å²) >= 11 is 0. The molecule has 5 fully saturated rings. The Morgan fingerprint density at radius 3 is 2.61 bits per heavy atom. The van der Waals surface area contributed by atoms with Gasteiger partial charge in [-0.15, -0.1) is 0 Å². The first-order valence-corrected chi connectivity index (χ1v) is 15.9. The van der Waals surface area contributed by atoms with Gasteiger partial charge in [0.2, 0.25) is 17.4 Å². The summed E-state index contributed by atoms with van der Waals surface area (Å²) in [5, 5.41) is 15.2. The minimum atomic E-state index is -3.64. The van der Waals surface area contributed by atoms with E-state index in [1.807, 2.05) is 0 Å². The molecule has 14 heteroatoms. The molecule has 2 N–H and O–H groups in total. The SMILES string of the molecule is CC(C)(C)[C@H](NC(=O)C(F)(F)C1CC1)C(=O)N1C[C@@H]2[C@H]3C[C@@H]([C@@H]2[C@H]1C(=O)N1C[C@@]2(C[C@H]1C#N)Oc1cccnc1NC2=O)[C@H](F)C3. The van der Waals surface area contributed by atoms with Crippen molar-refractivity contribution in [2.75, 3.05) is 18.4 Å². The van der Waals surface area contributed by atoms with Crippen LogP contribution in [0.2, 0.25) is 0 Å². The van der Waals surface area contributed by atoms with Crippen molar-refractivity contribution in [3.05, 3.63) is 18.3 Å². The Morgan fingerprint density at radius 2 is 1.93 bits per heavy atom. The Labute approximate surface area is 264 Å². The molecule has 3 aliphatic heterocycles. The highest BCUT2D eigenvalue weighted by atomic mass is 19.3. The number of ether oxygens (including phenoxy) is 1. The molecule has 4 heterocycles. The maximum atomic E-state index is 15.3. The number of hydrogen-bond acceptors (Lipinski definition) is 7. The Hall–Kier alpha value is -3.89. The first kappa shape index (κ1) is 30.7. The number of hydrogen-bond donors (Lipinski definition) is 2. The molecule has 46 heavy (non-hydrogen) atoms. The van der Waals surface area contributed by atoms with Gasteiger partial charge in [0.1, 0.15) is 24.3 Å². The van der Waals surface area contributed by atoms with Gasteiger partial charge in [-0.3, -0.25) is 19.2 Å². The van der Waals surface area contributed by atoms with Crippen LogP contribution in [0.15, 0.2) is 18.3 Å². The monoisotopic (exact) mass is 642 g/mol. The fraction of sp³-hybridized carbons (Fsp3) is 0.688. The number of amides is 4. The fourth-order valence-electron chi connectivity index (χ4n) is 8.60. The Morgan fingerprint density at radius 1 is 1.20 bits per heavy atom. The van der Waals surface area contributed by atoms with Crippen molar-refractivity contribution in [2.45, 2.75) is 88.7 Å². The third-order valence-electron chi connectivity index (χ3n) is 11.1. The van der Waals surface area contributed by atoms with E-state index in [9.17, 15) is 33.2 Å². The van der Waals surface area contributed by atoms with Crippen LogP contribution in [0.4, 0.5) is 19.0 Å². The average Bonchev–Trinajstić information content (AvgIpc) is 3.38. The molecule has 1 aromatic heterocycles. The molecule has 3 saturated carbocycles. The van der Waals surface area contributed by atoms with Crippen molar-refractivity contribution in [1.29, 1.82) is 5.26 Å². The lowest BCUT2D eigenvalue weighted by molar-refractivity contribution is -0.155. The van der Waals surface area contributed by atoms with E-state index < -0.39 is 82.6 Å². The average molecular weight is 643 g/mol. The van der Waals surface area contributed by atoms with Gasteiger partial charge < -0.3 is 25.2 Å². The van der Waals surface area contributed by atoms with Crippen molar-refractivity contribution in [1.82, 2.24) is 20.1 Å². The molecule has 1 aromatic rings. The van der Waals surface area contributed by atoms with E-state index in [0.717, 1.165) is 0 Å². The highest BCUT2D eigenvalue weighted by molar-refractivity contribution is 6.01. The summed E-state index contributed by atoms with van der Waals surface area (Å²) in [5.74, 6) is -8.97. The van der Waals surface area contributed by atoms with Gasteiger partial charge in [0, 0.05) is 25.1 Å². The molecule has 0 aromatic carbocycles. The van der Waals surface area contributed by atoms with Crippen molar-refractivity contribution < 1.29 is 37.1 Å². The number of nitrogens with one attached hydrogen (secondary N) is 2. The van der Waals surface area contributed by atoms with Crippen molar-refractivity contribution in [2.24, 2.45) is 35.0 Å².